The Morgan fingerprint density at radius 3 is 2.92 bits per heavy atom. The topological polar surface area (TPSA) is 80.2 Å². The van der Waals surface area contributed by atoms with Crippen LogP contribution in [0.4, 0.5) is 0 Å². The fourth-order valence-electron chi connectivity index (χ4n) is 3.69. The van der Waals surface area contributed by atoms with Crippen LogP contribution in [0.25, 0.3) is 10.2 Å². The van der Waals surface area contributed by atoms with E-state index in [0.717, 1.165) is 28.1 Å². The van der Waals surface area contributed by atoms with Gasteiger partial charge in [-0.25, -0.2) is 18.4 Å². The Morgan fingerprint density at radius 2 is 2.15 bits per heavy atom. The molecule has 1 fully saturated rings. The van der Waals surface area contributed by atoms with Crippen LogP contribution in [0.2, 0.25) is 0 Å². The van der Waals surface area contributed by atoms with Gasteiger partial charge in [0.1, 0.15) is 16.2 Å². The maximum Gasteiger partial charge on any atom is 0.233 e. The molecule has 0 aromatic carbocycles. The summed E-state index contributed by atoms with van der Waals surface area (Å²) in [5, 5.41) is 1.99. The van der Waals surface area contributed by atoms with Crippen LogP contribution in [0.5, 0.6) is 0 Å². The minimum atomic E-state index is -2.99. The molecule has 1 amide bonds. The lowest BCUT2D eigenvalue weighted by atomic mass is 9.97. The first-order valence-electron chi connectivity index (χ1n) is 8.79. The number of hydrogen-bond donors (Lipinski definition) is 0. The zero-order valence-corrected chi connectivity index (χ0v) is 17.1. The molecule has 140 valence electrons. The second kappa shape index (κ2) is 7.09. The van der Waals surface area contributed by atoms with Gasteiger partial charge in [-0.2, -0.15) is 0 Å². The van der Waals surface area contributed by atoms with E-state index in [4.69, 9.17) is 0 Å². The monoisotopic (exact) mass is 411 g/mol. The highest BCUT2D eigenvalue weighted by Crippen LogP contribution is 2.39. The first-order chi connectivity index (χ1) is 12.4. The fraction of sp³-hybridized carbons (Fsp3) is 0.588. The molecule has 0 bridgehead atoms. The average Bonchev–Trinajstić information content (AvgIpc) is 3.18. The number of nitrogens with zero attached hydrogens (tertiary/aromatic N) is 3. The predicted molar refractivity (Wildman–Crippen MR) is 105 cm³/mol. The minimum Gasteiger partial charge on any atom is -0.341 e. The second-order valence-corrected chi connectivity index (χ2v) is 11.2. The first-order valence-corrected chi connectivity index (χ1v) is 12.4. The molecule has 4 rings (SSSR count). The van der Waals surface area contributed by atoms with E-state index in [0.29, 0.717) is 6.42 Å². The van der Waals surface area contributed by atoms with Gasteiger partial charge < -0.3 is 4.90 Å². The molecule has 2 aliphatic rings. The molecule has 9 heteroatoms. The van der Waals surface area contributed by atoms with E-state index in [9.17, 15) is 13.2 Å². The molecule has 1 aliphatic heterocycles. The van der Waals surface area contributed by atoms with E-state index in [1.807, 2.05) is 0 Å². The van der Waals surface area contributed by atoms with Crippen molar-refractivity contribution in [3.8, 4) is 0 Å². The largest absolute Gasteiger partial charge is 0.341 e. The molecule has 0 N–H and O–H groups in total. The summed E-state index contributed by atoms with van der Waals surface area (Å²) >= 11 is 3.19. The fourth-order valence-corrected chi connectivity index (χ4v) is 7.70. The molecule has 3 heterocycles. The molecule has 2 aromatic heterocycles. The van der Waals surface area contributed by atoms with Crippen molar-refractivity contribution < 1.29 is 13.2 Å². The Bertz CT molecular complexity index is 955. The van der Waals surface area contributed by atoms with Crippen molar-refractivity contribution in [1.29, 1.82) is 0 Å². The Kier molecular flexibility index (Phi) is 4.96. The van der Waals surface area contributed by atoms with E-state index >= 15 is 0 Å². The van der Waals surface area contributed by atoms with Crippen LogP contribution in [0.1, 0.15) is 29.7 Å². The van der Waals surface area contributed by atoms with E-state index in [1.54, 1.807) is 29.6 Å². The Balaban J connectivity index is 1.49. The number of rotatable bonds is 4. The summed E-state index contributed by atoms with van der Waals surface area (Å²) in [5.74, 6) is 0.475. The number of sulfone groups is 1. The standard InChI is InChI=1S/C17H21N3O3S3/c1-20(11-6-7-26(22,23)9-11)14(21)8-24-16-15-12-4-2-3-5-13(12)25-17(15)19-10-18-16/h10-11H,2-9H2,1H3/t11-/m1/s1. The van der Waals surface area contributed by atoms with Gasteiger partial charge in [-0.3, -0.25) is 4.79 Å². The summed E-state index contributed by atoms with van der Waals surface area (Å²) in [4.78, 5) is 25.4. The number of aromatic nitrogens is 2. The summed E-state index contributed by atoms with van der Waals surface area (Å²) in [5.41, 5.74) is 1.36. The quantitative estimate of drug-likeness (QED) is 0.567. The Labute approximate surface area is 161 Å². The number of carbonyl (C=O) groups is 1. The molecule has 0 radical (unpaired) electrons. The number of aryl methyl sites for hydroxylation is 2. The lowest BCUT2D eigenvalue weighted by Gasteiger charge is -2.23. The Hall–Kier alpha value is -1.19. The van der Waals surface area contributed by atoms with Crippen molar-refractivity contribution in [2.45, 2.75) is 43.2 Å². The van der Waals surface area contributed by atoms with Crippen molar-refractivity contribution in [3.63, 3.8) is 0 Å². The van der Waals surface area contributed by atoms with Crippen molar-refractivity contribution in [2.24, 2.45) is 0 Å². The van der Waals surface area contributed by atoms with Crippen molar-refractivity contribution in [1.82, 2.24) is 14.9 Å². The summed E-state index contributed by atoms with van der Waals surface area (Å²) in [6, 6.07) is -0.201. The van der Waals surface area contributed by atoms with E-state index < -0.39 is 9.84 Å². The average molecular weight is 412 g/mol. The third-order valence-electron chi connectivity index (χ3n) is 5.20. The maximum absolute atomic E-state index is 12.5. The zero-order chi connectivity index (χ0) is 18.3. The van der Waals surface area contributed by atoms with Gasteiger partial charge in [-0.15, -0.1) is 11.3 Å². The summed E-state index contributed by atoms with van der Waals surface area (Å²) in [6.45, 7) is 0. The number of thiophene rings is 1. The van der Waals surface area contributed by atoms with Crippen LogP contribution in [0, 0.1) is 0 Å². The SMILES string of the molecule is CN(C(=O)CSc1ncnc2sc3c(c12)CCCC3)[C@@H]1CCS(=O)(=O)C1. The van der Waals surface area contributed by atoms with Gasteiger partial charge in [0, 0.05) is 23.4 Å². The molecule has 0 saturated carbocycles. The van der Waals surface area contributed by atoms with Crippen molar-refractivity contribution >= 4 is 49.1 Å². The normalized spacial score (nSPS) is 21.7. The molecule has 1 atom stereocenters. The summed E-state index contributed by atoms with van der Waals surface area (Å²) < 4.78 is 23.3. The Morgan fingerprint density at radius 1 is 1.35 bits per heavy atom. The van der Waals surface area contributed by atoms with Crippen molar-refractivity contribution in [2.75, 3.05) is 24.3 Å². The molecule has 6 nitrogen and oxygen atoms in total. The van der Waals surface area contributed by atoms with Gasteiger partial charge in [0.2, 0.25) is 5.91 Å². The van der Waals surface area contributed by atoms with Crippen LogP contribution in [0.3, 0.4) is 0 Å². The van der Waals surface area contributed by atoms with Crippen LogP contribution in [0.15, 0.2) is 11.4 Å². The number of amides is 1. The third kappa shape index (κ3) is 3.48. The molecule has 1 aliphatic carbocycles. The summed E-state index contributed by atoms with van der Waals surface area (Å²) in [7, 11) is -1.29. The number of carbonyl (C=O) groups excluding carboxylic acids is 1. The van der Waals surface area contributed by atoms with Gasteiger partial charge in [0.15, 0.2) is 9.84 Å². The molecule has 1 saturated heterocycles. The molecular formula is C17H21N3O3S3. The molecule has 0 spiro atoms. The van der Waals surface area contributed by atoms with Gasteiger partial charge in [0.25, 0.3) is 0 Å². The minimum absolute atomic E-state index is 0.0482. The summed E-state index contributed by atoms with van der Waals surface area (Å²) in [6.07, 6.45) is 6.69. The van der Waals surface area contributed by atoms with Gasteiger partial charge in [-0.05, 0) is 37.7 Å². The smallest absolute Gasteiger partial charge is 0.233 e. The van der Waals surface area contributed by atoms with Crippen LogP contribution < -0.4 is 0 Å². The van der Waals surface area contributed by atoms with Crippen molar-refractivity contribution in [3.05, 3.63) is 16.8 Å². The number of hydrogen-bond acceptors (Lipinski definition) is 7. The lowest BCUT2D eigenvalue weighted by molar-refractivity contribution is -0.128. The zero-order valence-electron chi connectivity index (χ0n) is 14.6. The molecular weight excluding hydrogens is 390 g/mol. The van der Waals surface area contributed by atoms with Gasteiger partial charge in [0.05, 0.1) is 17.3 Å². The second-order valence-electron chi connectivity index (χ2n) is 6.92. The number of fused-ring (bicyclic) bond motifs is 3. The van der Waals surface area contributed by atoms with Gasteiger partial charge in [-0.1, -0.05) is 11.8 Å². The van der Waals surface area contributed by atoms with E-state index in [-0.39, 0.29) is 29.2 Å². The van der Waals surface area contributed by atoms with Gasteiger partial charge >= 0.3 is 0 Å². The maximum atomic E-state index is 12.5. The molecule has 26 heavy (non-hydrogen) atoms. The third-order valence-corrected chi connectivity index (χ3v) is 9.12. The highest BCUT2D eigenvalue weighted by Gasteiger charge is 2.32. The van der Waals surface area contributed by atoms with E-state index in [1.165, 1.54) is 35.0 Å². The molecule has 2 aromatic rings. The first kappa shape index (κ1) is 18.2. The molecule has 0 unspecified atom stereocenters. The predicted octanol–water partition coefficient (Wildman–Crippen LogP) is 2.31. The van der Waals surface area contributed by atoms with E-state index in [2.05, 4.69) is 9.97 Å². The van der Waals surface area contributed by atoms with Crippen LogP contribution in [-0.2, 0) is 27.5 Å². The van der Waals surface area contributed by atoms with Crippen LogP contribution in [-0.4, -0.2) is 59.5 Å². The highest BCUT2D eigenvalue weighted by atomic mass is 32.2. The van der Waals surface area contributed by atoms with Crippen LogP contribution >= 0.6 is 23.1 Å². The number of thioether (sulfide) groups is 1. The lowest BCUT2D eigenvalue weighted by Crippen LogP contribution is -2.38. The highest BCUT2D eigenvalue weighted by molar-refractivity contribution is 8.00.